The van der Waals surface area contributed by atoms with Gasteiger partial charge < -0.3 is 13.7 Å². The van der Waals surface area contributed by atoms with Crippen molar-refractivity contribution < 1.29 is 22.0 Å². The highest BCUT2D eigenvalue weighted by molar-refractivity contribution is 7.91. The Hall–Kier alpha value is -2.54. The van der Waals surface area contributed by atoms with Gasteiger partial charge in [0.25, 0.3) is 5.91 Å². The van der Waals surface area contributed by atoms with Crippen molar-refractivity contribution >= 4 is 26.7 Å². The van der Waals surface area contributed by atoms with Crippen LogP contribution in [0.15, 0.2) is 39.2 Å². The maximum Gasteiger partial charge on any atom is 0.290 e. The first kappa shape index (κ1) is 18.8. The van der Waals surface area contributed by atoms with Crippen molar-refractivity contribution in [1.29, 1.82) is 0 Å². The van der Waals surface area contributed by atoms with E-state index in [2.05, 4.69) is 0 Å². The van der Waals surface area contributed by atoms with Gasteiger partial charge in [-0.25, -0.2) is 8.42 Å². The zero-order valence-corrected chi connectivity index (χ0v) is 17.0. The summed E-state index contributed by atoms with van der Waals surface area (Å²) in [5, 5.41) is 0.899. The van der Waals surface area contributed by atoms with Crippen molar-refractivity contribution in [3.63, 3.8) is 0 Å². The molecule has 1 aliphatic heterocycles. The summed E-state index contributed by atoms with van der Waals surface area (Å²) in [4.78, 5) is 15.0. The molecule has 0 unspecified atom stereocenters. The van der Waals surface area contributed by atoms with Crippen LogP contribution < -0.4 is 0 Å². The van der Waals surface area contributed by atoms with Crippen LogP contribution in [0, 0.1) is 20.8 Å². The van der Waals surface area contributed by atoms with Crippen LogP contribution in [0.25, 0.3) is 11.0 Å². The topological polar surface area (TPSA) is 80.7 Å². The Morgan fingerprint density at radius 3 is 2.57 bits per heavy atom. The first-order valence-corrected chi connectivity index (χ1v) is 11.1. The molecule has 1 atom stereocenters. The maximum absolute atomic E-state index is 13.4. The minimum Gasteiger partial charge on any atom is -0.464 e. The number of benzene rings is 1. The molecule has 28 heavy (non-hydrogen) atoms. The van der Waals surface area contributed by atoms with Crippen LogP contribution in [0.3, 0.4) is 0 Å². The van der Waals surface area contributed by atoms with E-state index in [1.165, 1.54) is 0 Å². The Balaban J connectivity index is 1.73. The van der Waals surface area contributed by atoms with Gasteiger partial charge in [0.15, 0.2) is 15.6 Å². The van der Waals surface area contributed by atoms with Crippen molar-refractivity contribution in [3.8, 4) is 0 Å². The molecular formula is C21H23NO5S. The quantitative estimate of drug-likeness (QED) is 0.665. The smallest absolute Gasteiger partial charge is 0.290 e. The van der Waals surface area contributed by atoms with E-state index in [4.69, 9.17) is 8.83 Å². The van der Waals surface area contributed by atoms with E-state index in [0.717, 1.165) is 22.3 Å². The molecule has 1 saturated heterocycles. The number of aryl methyl sites for hydroxylation is 3. The second-order valence-electron chi connectivity index (χ2n) is 7.56. The molecule has 0 N–H and O–H groups in total. The third kappa shape index (κ3) is 3.46. The van der Waals surface area contributed by atoms with Gasteiger partial charge in [0.2, 0.25) is 0 Å². The number of furan rings is 2. The zero-order valence-electron chi connectivity index (χ0n) is 16.2. The lowest BCUT2D eigenvalue weighted by atomic mass is 10.1. The molecule has 0 spiro atoms. The van der Waals surface area contributed by atoms with Gasteiger partial charge in [-0.15, -0.1) is 0 Å². The lowest BCUT2D eigenvalue weighted by molar-refractivity contribution is 0.0634. The van der Waals surface area contributed by atoms with Gasteiger partial charge in [-0.3, -0.25) is 4.79 Å². The third-order valence-corrected chi connectivity index (χ3v) is 7.07. The van der Waals surface area contributed by atoms with Crippen molar-refractivity contribution in [2.75, 3.05) is 11.5 Å². The van der Waals surface area contributed by atoms with Crippen molar-refractivity contribution in [2.45, 2.75) is 39.8 Å². The number of amides is 1. The van der Waals surface area contributed by atoms with Gasteiger partial charge >= 0.3 is 0 Å². The molecule has 3 heterocycles. The average molecular weight is 401 g/mol. The molecule has 0 bridgehead atoms. The van der Waals surface area contributed by atoms with Gasteiger partial charge in [0.1, 0.15) is 17.1 Å². The predicted molar refractivity (Wildman–Crippen MR) is 106 cm³/mol. The van der Waals surface area contributed by atoms with Crippen molar-refractivity contribution in [3.05, 3.63) is 58.7 Å². The van der Waals surface area contributed by atoms with Gasteiger partial charge in [0, 0.05) is 17.0 Å². The van der Waals surface area contributed by atoms with Crippen LogP contribution in [0.4, 0.5) is 0 Å². The summed E-state index contributed by atoms with van der Waals surface area (Å²) in [6, 6.07) is 9.04. The largest absolute Gasteiger partial charge is 0.464 e. The standard InChI is InChI=1S/C21H23NO5S/c1-13-4-7-19-18(10-13)15(3)20(27-19)21(23)22(11-17-6-5-14(2)26-17)16-8-9-28(24,25)12-16/h4-7,10,16H,8-9,11-12H2,1-3H3/t16-/m1/s1. The molecule has 148 valence electrons. The second kappa shape index (κ2) is 6.81. The molecule has 1 aromatic carbocycles. The van der Waals surface area contributed by atoms with E-state index in [1.807, 2.05) is 51.1 Å². The molecule has 2 aromatic heterocycles. The fourth-order valence-corrected chi connectivity index (χ4v) is 5.53. The lowest BCUT2D eigenvalue weighted by Crippen LogP contribution is -2.40. The van der Waals surface area contributed by atoms with Gasteiger partial charge in [-0.05, 0) is 51.5 Å². The van der Waals surface area contributed by atoms with Crippen LogP contribution >= 0.6 is 0 Å². The Labute approximate surface area is 164 Å². The fraction of sp³-hybridized carbons (Fsp3) is 0.381. The van der Waals surface area contributed by atoms with Crippen molar-refractivity contribution in [2.24, 2.45) is 0 Å². The summed E-state index contributed by atoms with van der Waals surface area (Å²) in [5.74, 6) is 1.39. The Morgan fingerprint density at radius 2 is 1.93 bits per heavy atom. The molecule has 0 saturated carbocycles. The Morgan fingerprint density at radius 1 is 1.14 bits per heavy atom. The van der Waals surface area contributed by atoms with Crippen LogP contribution in [-0.2, 0) is 16.4 Å². The summed E-state index contributed by atoms with van der Waals surface area (Å²) < 4.78 is 35.6. The SMILES string of the molecule is Cc1ccc2oc(C(=O)N(Cc3ccc(C)o3)[C@@H]3CCS(=O)(=O)C3)c(C)c2c1. The number of hydrogen-bond donors (Lipinski definition) is 0. The minimum absolute atomic E-state index is 0.0309. The molecule has 7 heteroatoms. The van der Waals surface area contributed by atoms with E-state index in [0.29, 0.717) is 17.8 Å². The Bertz CT molecular complexity index is 1150. The number of nitrogens with zero attached hydrogens (tertiary/aromatic N) is 1. The van der Waals surface area contributed by atoms with E-state index in [9.17, 15) is 13.2 Å². The van der Waals surface area contributed by atoms with E-state index in [1.54, 1.807) is 4.90 Å². The predicted octanol–water partition coefficient (Wildman–Crippen LogP) is 3.78. The number of fused-ring (bicyclic) bond motifs is 1. The van der Waals surface area contributed by atoms with Crippen LogP contribution in [0.1, 0.15) is 39.6 Å². The van der Waals surface area contributed by atoms with Gasteiger partial charge in [0.05, 0.1) is 18.1 Å². The monoisotopic (exact) mass is 401 g/mol. The van der Waals surface area contributed by atoms with Crippen LogP contribution in [0.5, 0.6) is 0 Å². The minimum atomic E-state index is -3.14. The summed E-state index contributed by atoms with van der Waals surface area (Å²) in [6.45, 7) is 5.89. The molecule has 0 aliphatic carbocycles. The highest BCUT2D eigenvalue weighted by atomic mass is 32.2. The van der Waals surface area contributed by atoms with Gasteiger partial charge in [-0.2, -0.15) is 0 Å². The van der Waals surface area contributed by atoms with Crippen LogP contribution in [0.2, 0.25) is 0 Å². The summed E-state index contributed by atoms with van der Waals surface area (Å²) in [7, 11) is -3.14. The summed E-state index contributed by atoms with van der Waals surface area (Å²) >= 11 is 0. The molecule has 1 amide bonds. The first-order chi connectivity index (χ1) is 13.2. The molecule has 4 rings (SSSR count). The number of hydrogen-bond acceptors (Lipinski definition) is 5. The number of rotatable bonds is 4. The van der Waals surface area contributed by atoms with Crippen LogP contribution in [-0.4, -0.2) is 36.8 Å². The third-order valence-electron chi connectivity index (χ3n) is 5.32. The number of carbonyl (C=O) groups excluding carboxylic acids is 1. The van der Waals surface area contributed by atoms with Crippen molar-refractivity contribution in [1.82, 2.24) is 4.90 Å². The number of carbonyl (C=O) groups is 1. The number of sulfone groups is 1. The zero-order chi connectivity index (χ0) is 20.1. The Kier molecular flexibility index (Phi) is 4.57. The molecule has 6 nitrogen and oxygen atoms in total. The van der Waals surface area contributed by atoms with E-state index >= 15 is 0 Å². The lowest BCUT2D eigenvalue weighted by Gasteiger charge is -2.26. The molecule has 3 aromatic rings. The average Bonchev–Trinajstić information content (AvgIpc) is 3.30. The maximum atomic E-state index is 13.4. The molecule has 1 fully saturated rings. The normalized spacial score (nSPS) is 18.6. The van der Waals surface area contributed by atoms with E-state index < -0.39 is 15.9 Å². The highest BCUT2D eigenvalue weighted by Crippen LogP contribution is 2.30. The first-order valence-electron chi connectivity index (χ1n) is 9.30. The van der Waals surface area contributed by atoms with Gasteiger partial charge in [-0.1, -0.05) is 11.6 Å². The summed E-state index contributed by atoms with van der Waals surface area (Å²) in [5.41, 5.74) is 2.50. The summed E-state index contributed by atoms with van der Waals surface area (Å²) in [6.07, 6.45) is 0.423. The second-order valence-corrected chi connectivity index (χ2v) is 9.79. The molecular weight excluding hydrogens is 378 g/mol. The molecule has 1 aliphatic rings. The fourth-order valence-electron chi connectivity index (χ4n) is 3.80. The van der Waals surface area contributed by atoms with E-state index in [-0.39, 0.29) is 29.7 Å². The molecule has 0 radical (unpaired) electrons. The highest BCUT2D eigenvalue weighted by Gasteiger charge is 2.37.